The van der Waals surface area contributed by atoms with E-state index in [-0.39, 0.29) is 31.1 Å². The molecule has 0 fully saturated rings. The Hall–Kier alpha value is -4.19. The van der Waals surface area contributed by atoms with E-state index in [0.29, 0.717) is 19.3 Å². The van der Waals surface area contributed by atoms with Gasteiger partial charge in [-0.3, -0.25) is 14.4 Å². The van der Waals surface area contributed by atoms with E-state index in [1.807, 2.05) is 0 Å². The van der Waals surface area contributed by atoms with Gasteiger partial charge in [0.25, 0.3) is 0 Å². The Morgan fingerprint density at radius 1 is 0.263 bits per heavy atom. The Morgan fingerprint density at radius 3 is 0.800 bits per heavy atom. The Morgan fingerprint density at radius 2 is 0.487 bits per heavy atom. The van der Waals surface area contributed by atoms with E-state index in [4.69, 9.17) is 14.2 Å². The molecule has 456 valence electrons. The van der Waals surface area contributed by atoms with Gasteiger partial charge < -0.3 is 14.2 Å². The zero-order valence-electron chi connectivity index (χ0n) is 52.3. The van der Waals surface area contributed by atoms with Gasteiger partial charge >= 0.3 is 17.9 Å². The van der Waals surface area contributed by atoms with Crippen LogP contribution in [0, 0.1) is 0 Å². The zero-order chi connectivity index (χ0) is 57.8. The van der Waals surface area contributed by atoms with Crippen LogP contribution in [0.3, 0.4) is 0 Å². The Bertz CT molecular complexity index is 1650. The molecule has 0 aliphatic rings. The number of carbonyl (C=O) groups excluding carboxylic acids is 3. The molecule has 0 bridgehead atoms. The standard InChI is InChI=1S/C74H124O6/c1-4-7-10-13-16-19-22-25-28-30-32-33-34-35-36-37-38-39-40-41-42-44-46-49-52-55-58-61-64-67-73(76)79-70-71(69-78-72(75)66-63-60-57-54-51-48-45-27-24-21-18-15-12-9-6-3)80-74(77)68-65-62-59-56-53-50-47-43-31-29-26-23-20-17-14-11-8-5-2/h7,9-10,12,16,18-19,21,25,27-29,31-33,35-36,45,51,54,71H,4-6,8,11,13-15,17,20,22-24,26,30,34,37-44,46-50,52-53,55-70H2,1-3H3/b10-7-,12-9-,19-16-,21-18-,28-25-,31-29-,33-32-,36-35-,45-27-,54-51-. The number of carbonyl (C=O) groups is 3. The first-order valence-corrected chi connectivity index (χ1v) is 33.5. The molecule has 0 aromatic rings. The lowest BCUT2D eigenvalue weighted by molar-refractivity contribution is -0.167. The molecule has 0 rings (SSSR count). The minimum atomic E-state index is -0.801. The number of allylic oxidation sites excluding steroid dienone is 20. The van der Waals surface area contributed by atoms with Crippen molar-refractivity contribution in [3.8, 4) is 0 Å². The second-order valence-corrected chi connectivity index (χ2v) is 22.0. The summed E-state index contributed by atoms with van der Waals surface area (Å²) in [6.07, 6.45) is 93.6. The van der Waals surface area contributed by atoms with Gasteiger partial charge in [-0.05, 0) is 128 Å². The number of unbranched alkanes of at least 4 members (excludes halogenated alkanes) is 29. The average Bonchev–Trinajstić information content (AvgIpc) is 3.46. The third-order valence-corrected chi connectivity index (χ3v) is 14.2. The van der Waals surface area contributed by atoms with E-state index in [2.05, 4.69) is 142 Å². The second kappa shape index (κ2) is 67.3. The van der Waals surface area contributed by atoms with Crippen LogP contribution in [0.1, 0.15) is 310 Å². The van der Waals surface area contributed by atoms with Gasteiger partial charge in [-0.15, -0.1) is 0 Å². The van der Waals surface area contributed by atoms with Gasteiger partial charge in [-0.2, -0.15) is 0 Å². The molecule has 1 unspecified atom stereocenters. The fourth-order valence-corrected chi connectivity index (χ4v) is 9.22. The molecule has 0 radical (unpaired) electrons. The Labute approximate surface area is 494 Å². The molecule has 0 aliphatic carbocycles. The highest BCUT2D eigenvalue weighted by Crippen LogP contribution is 2.16. The smallest absolute Gasteiger partial charge is 0.306 e. The van der Waals surface area contributed by atoms with Crippen molar-refractivity contribution in [1.29, 1.82) is 0 Å². The van der Waals surface area contributed by atoms with Crippen molar-refractivity contribution in [2.45, 2.75) is 316 Å². The van der Waals surface area contributed by atoms with Crippen LogP contribution in [0.15, 0.2) is 122 Å². The lowest BCUT2D eigenvalue weighted by atomic mass is 10.0. The van der Waals surface area contributed by atoms with Crippen LogP contribution in [0.4, 0.5) is 0 Å². The van der Waals surface area contributed by atoms with Gasteiger partial charge in [0.05, 0.1) is 0 Å². The quantitative estimate of drug-likeness (QED) is 0.0261. The minimum absolute atomic E-state index is 0.0941. The molecule has 6 nitrogen and oxygen atoms in total. The Kier molecular flexibility index (Phi) is 63.8. The minimum Gasteiger partial charge on any atom is -0.462 e. The van der Waals surface area contributed by atoms with E-state index in [9.17, 15) is 14.4 Å². The van der Waals surface area contributed by atoms with Crippen LogP contribution >= 0.6 is 0 Å². The van der Waals surface area contributed by atoms with Crippen LogP contribution in [0.5, 0.6) is 0 Å². The van der Waals surface area contributed by atoms with Crippen LogP contribution in [0.25, 0.3) is 0 Å². The van der Waals surface area contributed by atoms with Crippen molar-refractivity contribution < 1.29 is 28.6 Å². The van der Waals surface area contributed by atoms with Crippen LogP contribution in [0.2, 0.25) is 0 Å². The highest BCUT2D eigenvalue weighted by atomic mass is 16.6. The number of rotatable bonds is 60. The fourth-order valence-electron chi connectivity index (χ4n) is 9.22. The first kappa shape index (κ1) is 75.8. The monoisotopic (exact) mass is 1110 g/mol. The molecule has 0 amide bonds. The predicted molar refractivity (Wildman–Crippen MR) is 348 cm³/mol. The van der Waals surface area contributed by atoms with Gasteiger partial charge in [-0.25, -0.2) is 0 Å². The second-order valence-electron chi connectivity index (χ2n) is 22.0. The van der Waals surface area contributed by atoms with Crippen LogP contribution in [-0.2, 0) is 28.6 Å². The summed E-state index contributed by atoms with van der Waals surface area (Å²) in [6.45, 7) is 6.39. The Balaban J connectivity index is 4.33. The molecule has 0 aliphatic heterocycles. The molecule has 6 heteroatoms. The average molecular weight is 1110 g/mol. The third kappa shape index (κ3) is 64.6. The molecular formula is C74H124O6. The summed E-state index contributed by atoms with van der Waals surface area (Å²) in [5.41, 5.74) is 0. The largest absolute Gasteiger partial charge is 0.462 e. The molecule has 0 aromatic heterocycles. The van der Waals surface area contributed by atoms with Crippen molar-refractivity contribution in [2.75, 3.05) is 13.2 Å². The molecule has 1 atom stereocenters. The molecule has 80 heavy (non-hydrogen) atoms. The van der Waals surface area contributed by atoms with E-state index >= 15 is 0 Å². The molecular weight excluding hydrogens is 985 g/mol. The first-order valence-electron chi connectivity index (χ1n) is 33.5. The number of ether oxygens (including phenoxy) is 3. The summed E-state index contributed by atoms with van der Waals surface area (Å²) in [7, 11) is 0. The molecule has 0 heterocycles. The zero-order valence-corrected chi connectivity index (χ0v) is 52.3. The number of esters is 3. The first-order chi connectivity index (χ1) is 39.5. The molecule has 0 saturated carbocycles. The predicted octanol–water partition coefficient (Wildman–Crippen LogP) is 23.2. The third-order valence-electron chi connectivity index (χ3n) is 14.2. The lowest BCUT2D eigenvalue weighted by Gasteiger charge is -2.18. The van der Waals surface area contributed by atoms with Crippen molar-refractivity contribution >= 4 is 17.9 Å². The maximum atomic E-state index is 12.9. The summed E-state index contributed by atoms with van der Waals surface area (Å²) < 4.78 is 16.9. The summed E-state index contributed by atoms with van der Waals surface area (Å²) in [4.78, 5) is 38.4. The van der Waals surface area contributed by atoms with E-state index in [1.54, 1.807) is 0 Å². The lowest BCUT2D eigenvalue weighted by Crippen LogP contribution is -2.30. The summed E-state index contributed by atoms with van der Waals surface area (Å²) in [5, 5.41) is 0. The van der Waals surface area contributed by atoms with E-state index in [1.165, 1.54) is 154 Å². The number of hydrogen-bond donors (Lipinski definition) is 0. The van der Waals surface area contributed by atoms with Gasteiger partial charge in [0.1, 0.15) is 13.2 Å². The molecule has 0 aromatic carbocycles. The van der Waals surface area contributed by atoms with Gasteiger partial charge in [0.2, 0.25) is 0 Å². The van der Waals surface area contributed by atoms with Crippen LogP contribution in [-0.4, -0.2) is 37.2 Å². The fraction of sp³-hybridized carbons (Fsp3) is 0.689. The van der Waals surface area contributed by atoms with Crippen molar-refractivity contribution in [1.82, 2.24) is 0 Å². The van der Waals surface area contributed by atoms with Crippen molar-refractivity contribution in [3.05, 3.63) is 122 Å². The normalized spacial score (nSPS) is 12.9. The maximum absolute atomic E-state index is 12.9. The molecule has 0 N–H and O–H groups in total. The highest BCUT2D eigenvalue weighted by Gasteiger charge is 2.19. The number of hydrogen-bond acceptors (Lipinski definition) is 6. The summed E-state index contributed by atoms with van der Waals surface area (Å²) >= 11 is 0. The maximum Gasteiger partial charge on any atom is 0.306 e. The SMILES string of the molecule is CC/C=C\C/C=C\C/C=C\C/C=C\C/C=C\CCCCCCCCCCCCCCCC(=O)OCC(COC(=O)CCCC/C=C\C/C=C\C/C=C\C/C=C\CC)OC(=O)CCCCCCCCC/C=C\CCCCCCCCC. The highest BCUT2D eigenvalue weighted by molar-refractivity contribution is 5.71. The molecule has 0 spiro atoms. The van der Waals surface area contributed by atoms with Crippen molar-refractivity contribution in [3.63, 3.8) is 0 Å². The van der Waals surface area contributed by atoms with Crippen LogP contribution < -0.4 is 0 Å². The van der Waals surface area contributed by atoms with Gasteiger partial charge in [0, 0.05) is 19.3 Å². The summed E-state index contributed by atoms with van der Waals surface area (Å²) in [6, 6.07) is 0. The summed E-state index contributed by atoms with van der Waals surface area (Å²) in [5.74, 6) is -0.935. The van der Waals surface area contributed by atoms with Gasteiger partial charge in [-0.1, -0.05) is 284 Å². The molecule has 0 saturated heterocycles. The van der Waals surface area contributed by atoms with Gasteiger partial charge in [0.15, 0.2) is 6.10 Å². The topological polar surface area (TPSA) is 78.9 Å². The van der Waals surface area contributed by atoms with E-state index in [0.717, 1.165) is 116 Å². The van der Waals surface area contributed by atoms with Crippen molar-refractivity contribution in [2.24, 2.45) is 0 Å². The van der Waals surface area contributed by atoms with E-state index < -0.39 is 6.10 Å².